The Labute approximate surface area is 88.4 Å². The lowest BCUT2D eigenvalue weighted by Gasteiger charge is -2.09. The first-order valence-corrected chi connectivity index (χ1v) is 4.87. The molecular formula is C12H13NO2. The van der Waals surface area contributed by atoms with E-state index in [2.05, 4.69) is 4.98 Å². The predicted molar refractivity (Wildman–Crippen MR) is 57.3 cm³/mol. The fourth-order valence-electron chi connectivity index (χ4n) is 1.63. The molecule has 1 N–H and O–H groups in total. The molecule has 0 bridgehead atoms. The minimum absolute atomic E-state index is 0.509. The van der Waals surface area contributed by atoms with Gasteiger partial charge in [0.15, 0.2) is 12.2 Å². The van der Waals surface area contributed by atoms with E-state index in [9.17, 15) is 5.11 Å². The quantitative estimate of drug-likeness (QED) is 0.816. The Morgan fingerprint density at radius 3 is 2.67 bits per heavy atom. The SMILES string of the molecule is Cc1ncoc1-c1ccccc1C(C)O. The van der Waals surface area contributed by atoms with E-state index in [0.29, 0.717) is 0 Å². The Kier molecular flexibility index (Phi) is 2.56. The van der Waals surface area contributed by atoms with Gasteiger partial charge < -0.3 is 9.52 Å². The number of benzene rings is 1. The van der Waals surface area contributed by atoms with Crippen LogP contribution in [0.4, 0.5) is 0 Å². The average molecular weight is 203 g/mol. The Balaban J connectivity index is 2.58. The second kappa shape index (κ2) is 3.87. The van der Waals surface area contributed by atoms with Crippen molar-refractivity contribution in [1.29, 1.82) is 0 Å². The van der Waals surface area contributed by atoms with Crippen molar-refractivity contribution in [2.24, 2.45) is 0 Å². The second-order valence-electron chi connectivity index (χ2n) is 3.53. The highest BCUT2D eigenvalue weighted by Crippen LogP contribution is 2.29. The zero-order valence-corrected chi connectivity index (χ0v) is 8.77. The van der Waals surface area contributed by atoms with Crippen molar-refractivity contribution in [3.05, 3.63) is 41.9 Å². The van der Waals surface area contributed by atoms with Crippen LogP contribution in [0.25, 0.3) is 11.3 Å². The van der Waals surface area contributed by atoms with E-state index in [4.69, 9.17) is 4.42 Å². The molecule has 0 aliphatic rings. The maximum Gasteiger partial charge on any atom is 0.181 e. The Hall–Kier alpha value is -1.61. The summed E-state index contributed by atoms with van der Waals surface area (Å²) in [6.07, 6.45) is 0.912. The molecule has 15 heavy (non-hydrogen) atoms. The van der Waals surface area contributed by atoms with Gasteiger partial charge in [0.05, 0.1) is 11.8 Å². The Bertz CT molecular complexity index is 460. The number of hydrogen-bond acceptors (Lipinski definition) is 3. The third-order valence-electron chi connectivity index (χ3n) is 2.40. The van der Waals surface area contributed by atoms with E-state index < -0.39 is 6.10 Å². The van der Waals surface area contributed by atoms with Crippen molar-refractivity contribution in [3.63, 3.8) is 0 Å². The molecule has 1 aromatic carbocycles. The van der Waals surface area contributed by atoms with Crippen molar-refractivity contribution in [1.82, 2.24) is 4.98 Å². The summed E-state index contributed by atoms with van der Waals surface area (Å²) in [5.74, 6) is 0.728. The molecule has 1 unspecified atom stereocenters. The van der Waals surface area contributed by atoms with Crippen LogP contribution in [0, 0.1) is 6.92 Å². The van der Waals surface area contributed by atoms with Gasteiger partial charge in [0.1, 0.15) is 0 Å². The Morgan fingerprint density at radius 2 is 2.07 bits per heavy atom. The van der Waals surface area contributed by atoms with Crippen LogP contribution in [0.2, 0.25) is 0 Å². The van der Waals surface area contributed by atoms with Gasteiger partial charge >= 0.3 is 0 Å². The largest absolute Gasteiger partial charge is 0.443 e. The summed E-state index contributed by atoms with van der Waals surface area (Å²) in [6.45, 7) is 3.63. The van der Waals surface area contributed by atoms with Gasteiger partial charge in [0.25, 0.3) is 0 Å². The molecule has 1 aromatic heterocycles. The van der Waals surface area contributed by atoms with E-state index in [-0.39, 0.29) is 0 Å². The van der Waals surface area contributed by atoms with Gasteiger partial charge in [0.2, 0.25) is 0 Å². The lowest BCUT2D eigenvalue weighted by atomic mass is 10.0. The van der Waals surface area contributed by atoms with Crippen LogP contribution in [-0.4, -0.2) is 10.1 Å². The Morgan fingerprint density at radius 1 is 1.33 bits per heavy atom. The van der Waals surface area contributed by atoms with Crippen molar-refractivity contribution in [2.45, 2.75) is 20.0 Å². The molecular weight excluding hydrogens is 190 g/mol. The molecule has 0 radical (unpaired) electrons. The van der Waals surface area contributed by atoms with E-state index in [1.165, 1.54) is 6.39 Å². The topological polar surface area (TPSA) is 46.3 Å². The average Bonchev–Trinajstić information content (AvgIpc) is 2.64. The number of hydrogen-bond donors (Lipinski definition) is 1. The van der Waals surface area contributed by atoms with Crippen molar-refractivity contribution in [3.8, 4) is 11.3 Å². The first-order chi connectivity index (χ1) is 7.20. The van der Waals surface area contributed by atoms with Gasteiger partial charge in [-0.3, -0.25) is 0 Å². The number of aliphatic hydroxyl groups excluding tert-OH is 1. The van der Waals surface area contributed by atoms with E-state index >= 15 is 0 Å². The molecule has 0 saturated carbocycles. The molecule has 0 fully saturated rings. The number of rotatable bonds is 2. The molecule has 2 aromatic rings. The van der Waals surface area contributed by atoms with Gasteiger partial charge in [-0.15, -0.1) is 0 Å². The number of aromatic nitrogens is 1. The van der Waals surface area contributed by atoms with Crippen LogP contribution in [0.1, 0.15) is 24.3 Å². The summed E-state index contributed by atoms with van der Waals surface area (Å²) < 4.78 is 5.32. The van der Waals surface area contributed by atoms with Crippen LogP contribution >= 0.6 is 0 Å². The lowest BCUT2D eigenvalue weighted by molar-refractivity contribution is 0.199. The van der Waals surface area contributed by atoms with Crippen LogP contribution < -0.4 is 0 Å². The zero-order valence-electron chi connectivity index (χ0n) is 8.77. The summed E-state index contributed by atoms with van der Waals surface area (Å²) in [6, 6.07) is 7.64. The number of aryl methyl sites for hydroxylation is 1. The summed E-state index contributed by atoms with van der Waals surface area (Å²) in [5.41, 5.74) is 2.60. The third kappa shape index (κ3) is 1.78. The number of nitrogens with zero attached hydrogens (tertiary/aromatic N) is 1. The first kappa shape index (κ1) is 9.93. The maximum absolute atomic E-state index is 9.63. The molecule has 78 valence electrons. The van der Waals surface area contributed by atoms with Crippen LogP contribution in [0.3, 0.4) is 0 Å². The van der Waals surface area contributed by atoms with Crippen LogP contribution in [0.15, 0.2) is 35.1 Å². The highest BCUT2D eigenvalue weighted by atomic mass is 16.3. The summed E-state index contributed by atoms with van der Waals surface area (Å²) >= 11 is 0. The van der Waals surface area contributed by atoms with E-state index in [1.54, 1.807) is 6.92 Å². The van der Waals surface area contributed by atoms with Gasteiger partial charge in [-0.25, -0.2) is 4.98 Å². The standard InChI is InChI=1S/C12H13NO2/c1-8-12(15-7-13-8)11-6-4-3-5-10(11)9(2)14/h3-7,9,14H,1-2H3. The molecule has 0 amide bonds. The highest BCUT2D eigenvalue weighted by Gasteiger charge is 2.13. The molecule has 1 atom stereocenters. The molecule has 3 heteroatoms. The molecule has 1 heterocycles. The van der Waals surface area contributed by atoms with Crippen LogP contribution in [0.5, 0.6) is 0 Å². The summed E-state index contributed by atoms with van der Waals surface area (Å²) in [4.78, 5) is 4.05. The smallest absolute Gasteiger partial charge is 0.181 e. The third-order valence-corrected chi connectivity index (χ3v) is 2.40. The van der Waals surface area contributed by atoms with Gasteiger partial charge in [-0.2, -0.15) is 0 Å². The summed E-state index contributed by atoms with van der Waals surface area (Å²) in [5, 5.41) is 9.63. The first-order valence-electron chi connectivity index (χ1n) is 4.87. The van der Waals surface area contributed by atoms with Crippen LogP contribution in [-0.2, 0) is 0 Å². The minimum atomic E-state index is -0.509. The lowest BCUT2D eigenvalue weighted by Crippen LogP contribution is -1.94. The molecule has 0 spiro atoms. The molecule has 2 rings (SSSR count). The van der Waals surface area contributed by atoms with Gasteiger partial charge in [0, 0.05) is 5.56 Å². The monoisotopic (exact) mass is 203 g/mol. The molecule has 3 nitrogen and oxygen atoms in total. The predicted octanol–water partition coefficient (Wildman–Crippen LogP) is 2.70. The number of oxazole rings is 1. The van der Waals surface area contributed by atoms with E-state index in [1.807, 2.05) is 31.2 Å². The van der Waals surface area contributed by atoms with Crippen molar-refractivity contribution >= 4 is 0 Å². The van der Waals surface area contributed by atoms with Crippen molar-refractivity contribution in [2.75, 3.05) is 0 Å². The molecule has 0 aliphatic heterocycles. The van der Waals surface area contributed by atoms with Gasteiger partial charge in [-0.1, -0.05) is 24.3 Å². The zero-order chi connectivity index (χ0) is 10.8. The molecule has 0 saturated heterocycles. The second-order valence-corrected chi connectivity index (χ2v) is 3.53. The normalized spacial score (nSPS) is 12.7. The maximum atomic E-state index is 9.63. The fraction of sp³-hybridized carbons (Fsp3) is 0.250. The fourth-order valence-corrected chi connectivity index (χ4v) is 1.63. The minimum Gasteiger partial charge on any atom is -0.443 e. The number of aliphatic hydroxyl groups is 1. The highest BCUT2D eigenvalue weighted by molar-refractivity contribution is 5.64. The van der Waals surface area contributed by atoms with Crippen molar-refractivity contribution < 1.29 is 9.52 Å². The summed E-state index contributed by atoms with van der Waals surface area (Å²) in [7, 11) is 0. The molecule has 0 aliphatic carbocycles. The van der Waals surface area contributed by atoms with E-state index in [0.717, 1.165) is 22.6 Å². The van der Waals surface area contributed by atoms with Gasteiger partial charge in [-0.05, 0) is 19.4 Å².